The first-order chi connectivity index (χ1) is 13.2. The van der Waals surface area contributed by atoms with Gasteiger partial charge in [-0.15, -0.1) is 0 Å². The zero-order chi connectivity index (χ0) is 20.5. The maximum atomic E-state index is 13.4. The minimum Gasteiger partial charge on any atom is -0.496 e. The van der Waals surface area contributed by atoms with E-state index in [2.05, 4.69) is 10.0 Å². The highest BCUT2D eigenvalue weighted by Crippen LogP contribution is 2.28. The number of ether oxygens (including phenoxy) is 1. The highest BCUT2D eigenvalue weighted by molar-refractivity contribution is 7.89. The standard InChI is InChI=1S/C18H18ClFN2O5S/c1-27-17-5-3-13(28(25,26)22-11-7-12(23)8-11)9-14(17)18(24)21-16-6-10(20)2-4-15(16)19/h2-6,9,11-12,22-23H,7-8H2,1H3,(H,21,24)/t11-,12+. The summed E-state index contributed by atoms with van der Waals surface area (Å²) in [6.45, 7) is 0. The number of hydrogen-bond acceptors (Lipinski definition) is 5. The van der Waals surface area contributed by atoms with Crippen molar-refractivity contribution in [3.05, 3.63) is 52.8 Å². The molecule has 3 N–H and O–H groups in total. The molecule has 0 radical (unpaired) electrons. The highest BCUT2D eigenvalue weighted by atomic mass is 35.5. The van der Waals surface area contributed by atoms with Gasteiger partial charge in [-0.1, -0.05) is 11.6 Å². The van der Waals surface area contributed by atoms with Gasteiger partial charge in [0.25, 0.3) is 5.91 Å². The lowest BCUT2D eigenvalue weighted by Gasteiger charge is -2.31. The summed E-state index contributed by atoms with van der Waals surface area (Å²) in [5.74, 6) is -1.15. The summed E-state index contributed by atoms with van der Waals surface area (Å²) in [5.41, 5.74) is -0.0112. The molecule has 7 nitrogen and oxygen atoms in total. The van der Waals surface area contributed by atoms with Gasteiger partial charge in [-0.25, -0.2) is 17.5 Å². The fraction of sp³-hybridized carbons (Fsp3) is 0.278. The third-order valence-electron chi connectivity index (χ3n) is 4.34. The predicted octanol–water partition coefficient (Wildman–Crippen LogP) is 2.54. The number of amides is 1. The fourth-order valence-electron chi connectivity index (χ4n) is 2.79. The van der Waals surface area contributed by atoms with Gasteiger partial charge in [-0.05, 0) is 49.2 Å². The summed E-state index contributed by atoms with van der Waals surface area (Å²) in [7, 11) is -2.56. The van der Waals surface area contributed by atoms with Crippen LogP contribution in [0.15, 0.2) is 41.3 Å². The Labute approximate surface area is 166 Å². The third kappa shape index (κ3) is 4.44. The molecule has 3 rings (SSSR count). The first-order valence-electron chi connectivity index (χ1n) is 8.34. The van der Waals surface area contributed by atoms with Gasteiger partial charge < -0.3 is 15.2 Å². The third-order valence-corrected chi connectivity index (χ3v) is 6.19. The van der Waals surface area contributed by atoms with Gasteiger partial charge in [0, 0.05) is 6.04 Å². The van der Waals surface area contributed by atoms with Crippen LogP contribution in [0.2, 0.25) is 5.02 Å². The molecule has 1 aliphatic carbocycles. The summed E-state index contributed by atoms with van der Waals surface area (Å²) >= 11 is 5.96. The topological polar surface area (TPSA) is 105 Å². The first kappa shape index (κ1) is 20.5. The molecule has 0 aromatic heterocycles. The number of anilines is 1. The molecule has 0 atom stereocenters. The molecule has 0 unspecified atom stereocenters. The summed E-state index contributed by atoms with van der Waals surface area (Å²) in [4.78, 5) is 12.5. The quantitative estimate of drug-likeness (QED) is 0.655. The van der Waals surface area contributed by atoms with Crippen molar-refractivity contribution in [2.45, 2.75) is 29.9 Å². The van der Waals surface area contributed by atoms with Gasteiger partial charge in [0.1, 0.15) is 11.6 Å². The van der Waals surface area contributed by atoms with E-state index in [1.807, 2.05) is 0 Å². The SMILES string of the molecule is COc1ccc(S(=O)(=O)N[C@H]2C[C@@H](O)C2)cc1C(=O)Nc1cc(F)ccc1Cl. The normalized spacial score (nSPS) is 19.0. The summed E-state index contributed by atoms with van der Waals surface area (Å²) in [6.07, 6.45) is 0.155. The van der Waals surface area contributed by atoms with E-state index in [1.165, 1.54) is 31.4 Å². The Kier molecular flexibility index (Phi) is 5.90. The predicted molar refractivity (Wildman–Crippen MR) is 102 cm³/mol. The average Bonchev–Trinajstić information content (AvgIpc) is 2.62. The maximum Gasteiger partial charge on any atom is 0.259 e. The fourth-order valence-corrected chi connectivity index (χ4v) is 4.24. The van der Waals surface area contributed by atoms with Gasteiger partial charge in [0.05, 0.1) is 34.4 Å². The highest BCUT2D eigenvalue weighted by Gasteiger charge is 2.31. The van der Waals surface area contributed by atoms with E-state index in [-0.39, 0.29) is 33.0 Å². The van der Waals surface area contributed by atoms with Crippen LogP contribution in [0.1, 0.15) is 23.2 Å². The van der Waals surface area contributed by atoms with Gasteiger partial charge in [-0.2, -0.15) is 0 Å². The number of aliphatic hydroxyl groups is 1. The molecule has 1 amide bonds. The van der Waals surface area contributed by atoms with Gasteiger partial charge in [-0.3, -0.25) is 4.79 Å². The number of halogens is 2. The number of carbonyl (C=O) groups is 1. The van der Waals surface area contributed by atoms with Crippen molar-refractivity contribution in [2.24, 2.45) is 0 Å². The minimum absolute atomic E-state index is 0.0450. The summed E-state index contributed by atoms with van der Waals surface area (Å²) in [6, 6.07) is 6.96. The number of aliphatic hydroxyl groups excluding tert-OH is 1. The summed E-state index contributed by atoms with van der Waals surface area (Å²) in [5, 5.41) is 11.9. The molecule has 2 aromatic rings. The van der Waals surface area contributed by atoms with Crippen molar-refractivity contribution < 1.29 is 27.4 Å². The van der Waals surface area contributed by atoms with E-state index in [0.717, 1.165) is 12.1 Å². The second-order valence-electron chi connectivity index (χ2n) is 6.38. The Bertz CT molecular complexity index is 1010. The molecule has 1 fully saturated rings. The van der Waals surface area contributed by atoms with Gasteiger partial charge >= 0.3 is 0 Å². The maximum absolute atomic E-state index is 13.4. The number of hydrogen-bond donors (Lipinski definition) is 3. The van der Waals surface area contributed by atoms with Gasteiger partial charge in [0.2, 0.25) is 10.0 Å². The van der Waals surface area contributed by atoms with Crippen LogP contribution in [0.5, 0.6) is 5.75 Å². The Morgan fingerprint density at radius 2 is 1.96 bits per heavy atom. The van der Waals surface area contributed by atoms with E-state index < -0.39 is 27.9 Å². The van der Waals surface area contributed by atoms with Crippen LogP contribution >= 0.6 is 11.6 Å². The van der Waals surface area contributed by atoms with E-state index in [9.17, 15) is 22.7 Å². The van der Waals surface area contributed by atoms with Crippen molar-refractivity contribution in [3.63, 3.8) is 0 Å². The zero-order valence-electron chi connectivity index (χ0n) is 14.8. The number of sulfonamides is 1. The first-order valence-corrected chi connectivity index (χ1v) is 10.2. The summed E-state index contributed by atoms with van der Waals surface area (Å²) < 4.78 is 46.1. The Hall–Kier alpha value is -2.20. The van der Waals surface area contributed by atoms with Crippen LogP contribution in [0.25, 0.3) is 0 Å². The smallest absolute Gasteiger partial charge is 0.259 e. The lowest BCUT2D eigenvalue weighted by Crippen LogP contribution is -2.46. The molecule has 0 saturated heterocycles. The molecule has 0 heterocycles. The zero-order valence-corrected chi connectivity index (χ0v) is 16.3. The van der Waals surface area contributed by atoms with Crippen LogP contribution in [0.3, 0.4) is 0 Å². The second kappa shape index (κ2) is 8.04. The molecule has 0 aliphatic heterocycles. The van der Waals surface area contributed by atoms with Crippen molar-refractivity contribution >= 4 is 33.2 Å². The molecular weight excluding hydrogens is 411 g/mol. The lowest BCUT2D eigenvalue weighted by molar-refractivity contribution is 0.0712. The van der Waals surface area contributed by atoms with Crippen LogP contribution in [0.4, 0.5) is 10.1 Å². The van der Waals surface area contributed by atoms with Crippen molar-refractivity contribution in [3.8, 4) is 5.75 Å². The molecular formula is C18H18ClFN2O5S. The Balaban J connectivity index is 1.88. The van der Waals surface area contributed by atoms with E-state index in [1.54, 1.807) is 0 Å². The van der Waals surface area contributed by atoms with Crippen LogP contribution in [-0.4, -0.2) is 38.7 Å². The van der Waals surface area contributed by atoms with E-state index >= 15 is 0 Å². The Morgan fingerprint density at radius 1 is 1.25 bits per heavy atom. The van der Waals surface area contributed by atoms with Crippen LogP contribution in [0, 0.1) is 5.82 Å². The minimum atomic E-state index is -3.90. The number of carbonyl (C=O) groups excluding carboxylic acids is 1. The molecule has 0 bridgehead atoms. The average molecular weight is 429 g/mol. The number of rotatable bonds is 6. The van der Waals surface area contributed by atoms with Crippen LogP contribution < -0.4 is 14.8 Å². The monoisotopic (exact) mass is 428 g/mol. The molecule has 2 aromatic carbocycles. The van der Waals surface area contributed by atoms with Crippen molar-refractivity contribution in [1.29, 1.82) is 0 Å². The molecule has 28 heavy (non-hydrogen) atoms. The Morgan fingerprint density at radius 3 is 2.61 bits per heavy atom. The molecule has 1 aliphatic rings. The number of nitrogens with one attached hydrogen (secondary N) is 2. The van der Waals surface area contributed by atoms with E-state index in [4.69, 9.17) is 16.3 Å². The number of benzene rings is 2. The molecule has 0 spiro atoms. The largest absolute Gasteiger partial charge is 0.496 e. The molecule has 1 saturated carbocycles. The van der Waals surface area contributed by atoms with Crippen LogP contribution in [-0.2, 0) is 10.0 Å². The second-order valence-corrected chi connectivity index (χ2v) is 8.51. The molecule has 10 heteroatoms. The molecule has 150 valence electrons. The van der Waals surface area contributed by atoms with E-state index in [0.29, 0.717) is 12.8 Å². The lowest BCUT2D eigenvalue weighted by atomic mass is 9.91. The van der Waals surface area contributed by atoms with Crippen molar-refractivity contribution in [2.75, 3.05) is 12.4 Å². The van der Waals surface area contributed by atoms with Gasteiger partial charge in [0.15, 0.2) is 0 Å². The number of methoxy groups -OCH3 is 1. The van der Waals surface area contributed by atoms with Crippen molar-refractivity contribution in [1.82, 2.24) is 4.72 Å².